The molecule has 0 bridgehead atoms. The molecule has 26 heavy (non-hydrogen) atoms. The molecule has 1 atom stereocenters. The Kier molecular flexibility index (Phi) is 5.36. The molecule has 0 unspecified atom stereocenters. The van der Waals surface area contributed by atoms with Gasteiger partial charge in [-0.25, -0.2) is 21.2 Å². The van der Waals surface area contributed by atoms with Crippen LogP contribution in [0.2, 0.25) is 0 Å². The average Bonchev–Trinajstić information content (AvgIpc) is 2.94. The second-order valence-corrected chi connectivity index (χ2v) is 10.9. The number of sulfonamides is 1. The minimum Gasteiger partial charge on any atom is -0.352 e. The molecule has 1 amide bonds. The third kappa shape index (κ3) is 4.24. The van der Waals surface area contributed by atoms with Gasteiger partial charge in [-0.3, -0.25) is 4.79 Å². The van der Waals surface area contributed by atoms with E-state index in [9.17, 15) is 26.0 Å². The Balaban J connectivity index is 1.57. The molecule has 1 aromatic carbocycles. The number of nitrogens with zero attached hydrogens (tertiary/aromatic N) is 1. The third-order valence-electron chi connectivity index (χ3n) is 4.85. The zero-order valence-electron chi connectivity index (χ0n) is 14.1. The highest BCUT2D eigenvalue weighted by Crippen LogP contribution is 2.24. The van der Waals surface area contributed by atoms with Crippen molar-refractivity contribution in [3.05, 3.63) is 30.1 Å². The van der Waals surface area contributed by atoms with Crippen molar-refractivity contribution in [2.24, 2.45) is 5.92 Å². The van der Waals surface area contributed by atoms with E-state index in [-0.39, 0.29) is 47.4 Å². The smallest absolute Gasteiger partial charge is 0.243 e. The topological polar surface area (TPSA) is 101 Å². The molecular weight excluding hydrogens is 383 g/mol. The zero-order chi connectivity index (χ0) is 18.9. The van der Waals surface area contributed by atoms with Crippen molar-refractivity contribution in [1.29, 1.82) is 0 Å². The van der Waals surface area contributed by atoms with E-state index in [0.717, 1.165) is 12.1 Å². The van der Waals surface area contributed by atoms with E-state index in [4.69, 9.17) is 0 Å². The van der Waals surface area contributed by atoms with Gasteiger partial charge in [-0.2, -0.15) is 4.31 Å². The highest BCUT2D eigenvalue weighted by Gasteiger charge is 2.34. The van der Waals surface area contributed by atoms with Crippen molar-refractivity contribution in [3.8, 4) is 0 Å². The molecule has 2 saturated heterocycles. The summed E-state index contributed by atoms with van der Waals surface area (Å²) < 4.78 is 62.3. The molecule has 0 radical (unpaired) electrons. The van der Waals surface area contributed by atoms with E-state index in [2.05, 4.69) is 5.32 Å². The Morgan fingerprint density at radius 1 is 1.12 bits per heavy atom. The first kappa shape index (κ1) is 19.2. The van der Waals surface area contributed by atoms with Crippen LogP contribution in [0.1, 0.15) is 19.3 Å². The van der Waals surface area contributed by atoms with Crippen LogP contribution in [0.4, 0.5) is 4.39 Å². The second kappa shape index (κ2) is 7.24. The highest BCUT2D eigenvalue weighted by molar-refractivity contribution is 7.91. The van der Waals surface area contributed by atoms with Crippen molar-refractivity contribution in [2.75, 3.05) is 24.6 Å². The third-order valence-corrected chi connectivity index (χ3v) is 8.54. The number of piperidine rings is 1. The fourth-order valence-corrected chi connectivity index (χ4v) is 6.48. The minimum atomic E-state index is -3.71. The predicted octanol–water partition coefficient (Wildman–Crippen LogP) is 0.530. The molecule has 10 heteroatoms. The highest BCUT2D eigenvalue weighted by atomic mass is 32.2. The van der Waals surface area contributed by atoms with Crippen molar-refractivity contribution in [1.82, 2.24) is 9.62 Å². The first-order chi connectivity index (χ1) is 12.2. The number of carbonyl (C=O) groups excluding carboxylic acids is 1. The molecular formula is C16H21FN2O5S2. The molecule has 0 saturated carbocycles. The average molecular weight is 404 g/mol. The van der Waals surface area contributed by atoms with Crippen LogP contribution in [0.3, 0.4) is 0 Å². The first-order valence-corrected chi connectivity index (χ1v) is 11.7. The number of halogens is 1. The van der Waals surface area contributed by atoms with Crippen LogP contribution in [-0.4, -0.2) is 57.7 Å². The summed E-state index contributed by atoms with van der Waals surface area (Å²) >= 11 is 0. The standard InChI is InChI=1S/C16H21FN2O5S2/c17-13-1-3-15(4-2-13)26(23,24)19-8-5-12(6-9-19)16(20)18-14-7-10-25(21,22)11-14/h1-4,12,14H,5-11H2,(H,18,20)/t14-/m1/s1. The van der Waals surface area contributed by atoms with Gasteiger partial charge >= 0.3 is 0 Å². The lowest BCUT2D eigenvalue weighted by Gasteiger charge is -2.31. The van der Waals surface area contributed by atoms with Crippen molar-refractivity contribution in [2.45, 2.75) is 30.2 Å². The molecule has 0 aromatic heterocycles. The molecule has 3 rings (SSSR count). The minimum absolute atomic E-state index is 0.0259. The van der Waals surface area contributed by atoms with Gasteiger partial charge in [0, 0.05) is 25.0 Å². The number of sulfone groups is 1. The monoisotopic (exact) mass is 404 g/mol. The maximum Gasteiger partial charge on any atom is 0.243 e. The SMILES string of the molecule is O=C(N[C@@H]1CCS(=O)(=O)C1)C1CCN(S(=O)(=O)c2ccc(F)cc2)CC1. The van der Waals surface area contributed by atoms with Gasteiger partial charge in [-0.05, 0) is 43.5 Å². The van der Waals surface area contributed by atoms with Crippen LogP contribution < -0.4 is 5.32 Å². The summed E-state index contributed by atoms with van der Waals surface area (Å²) in [6.45, 7) is 0.390. The number of rotatable bonds is 4. The van der Waals surface area contributed by atoms with E-state index in [1.165, 1.54) is 16.4 Å². The van der Waals surface area contributed by atoms with E-state index < -0.39 is 25.7 Å². The maximum atomic E-state index is 13.0. The number of carbonyl (C=O) groups is 1. The van der Waals surface area contributed by atoms with Crippen LogP contribution >= 0.6 is 0 Å². The van der Waals surface area contributed by atoms with Gasteiger partial charge in [0.25, 0.3) is 0 Å². The van der Waals surface area contributed by atoms with Crippen LogP contribution in [0.25, 0.3) is 0 Å². The lowest BCUT2D eigenvalue weighted by Crippen LogP contribution is -2.45. The fourth-order valence-electron chi connectivity index (χ4n) is 3.34. The fraction of sp³-hybridized carbons (Fsp3) is 0.562. The molecule has 0 aliphatic carbocycles. The van der Waals surface area contributed by atoms with E-state index in [1.54, 1.807) is 0 Å². The molecule has 2 fully saturated rings. The molecule has 1 N–H and O–H groups in total. The van der Waals surface area contributed by atoms with Gasteiger partial charge in [0.15, 0.2) is 9.84 Å². The molecule has 2 aliphatic rings. The van der Waals surface area contributed by atoms with Gasteiger partial charge in [0.05, 0.1) is 16.4 Å². The van der Waals surface area contributed by atoms with E-state index in [0.29, 0.717) is 19.3 Å². The van der Waals surface area contributed by atoms with Crippen LogP contribution in [0.15, 0.2) is 29.2 Å². The van der Waals surface area contributed by atoms with Crippen LogP contribution in [0.5, 0.6) is 0 Å². The Hall–Kier alpha value is -1.52. The van der Waals surface area contributed by atoms with Crippen LogP contribution in [0, 0.1) is 11.7 Å². The second-order valence-electron chi connectivity index (χ2n) is 6.74. The summed E-state index contributed by atoms with van der Waals surface area (Å²) in [5.74, 6) is -1.000. The van der Waals surface area contributed by atoms with Gasteiger partial charge in [0.1, 0.15) is 5.82 Å². The van der Waals surface area contributed by atoms with Gasteiger partial charge in [-0.15, -0.1) is 0 Å². The van der Waals surface area contributed by atoms with E-state index in [1.807, 2.05) is 0 Å². The summed E-state index contributed by atoms with van der Waals surface area (Å²) in [6.07, 6.45) is 1.16. The lowest BCUT2D eigenvalue weighted by atomic mass is 9.97. The summed E-state index contributed by atoms with van der Waals surface area (Å²) in [5, 5.41) is 2.77. The van der Waals surface area contributed by atoms with E-state index >= 15 is 0 Å². The summed E-state index contributed by atoms with van der Waals surface area (Å²) in [7, 11) is -6.77. The number of hydrogen-bond donors (Lipinski definition) is 1. The van der Waals surface area contributed by atoms with Gasteiger partial charge < -0.3 is 5.32 Å². The van der Waals surface area contributed by atoms with Crippen molar-refractivity contribution in [3.63, 3.8) is 0 Å². The molecule has 144 valence electrons. The summed E-state index contributed by atoms with van der Waals surface area (Å²) in [6, 6.07) is 4.30. The largest absolute Gasteiger partial charge is 0.352 e. The Labute approximate surface area is 152 Å². The normalized spacial score (nSPS) is 24.4. The zero-order valence-corrected chi connectivity index (χ0v) is 15.7. The van der Waals surface area contributed by atoms with Gasteiger partial charge in [-0.1, -0.05) is 0 Å². The molecule has 2 aliphatic heterocycles. The Morgan fingerprint density at radius 3 is 2.27 bits per heavy atom. The summed E-state index contributed by atoms with van der Waals surface area (Å²) in [4.78, 5) is 12.3. The number of amides is 1. The number of benzene rings is 1. The predicted molar refractivity (Wildman–Crippen MR) is 93.1 cm³/mol. The molecule has 7 nitrogen and oxygen atoms in total. The molecule has 0 spiro atoms. The van der Waals surface area contributed by atoms with Crippen molar-refractivity contribution >= 4 is 25.8 Å². The van der Waals surface area contributed by atoms with Gasteiger partial charge in [0.2, 0.25) is 15.9 Å². The Bertz CT molecular complexity index is 876. The van der Waals surface area contributed by atoms with Crippen LogP contribution in [-0.2, 0) is 24.7 Å². The summed E-state index contributed by atoms with van der Waals surface area (Å²) in [5.41, 5.74) is 0. The molecule has 2 heterocycles. The quantitative estimate of drug-likeness (QED) is 0.789. The lowest BCUT2D eigenvalue weighted by molar-refractivity contribution is -0.126. The maximum absolute atomic E-state index is 13.0. The molecule has 1 aromatic rings. The van der Waals surface area contributed by atoms with Crippen molar-refractivity contribution < 1.29 is 26.0 Å². The Morgan fingerprint density at radius 2 is 1.73 bits per heavy atom. The first-order valence-electron chi connectivity index (χ1n) is 8.44. The number of nitrogens with one attached hydrogen (secondary N) is 1. The number of hydrogen-bond acceptors (Lipinski definition) is 5.